The van der Waals surface area contributed by atoms with E-state index < -0.39 is 0 Å². The molecule has 2 heterocycles. The van der Waals surface area contributed by atoms with Crippen LogP contribution in [0.4, 0.5) is 4.39 Å². The Morgan fingerprint density at radius 1 is 1.53 bits per heavy atom. The highest BCUT2D eigenvalue weighted by Gasteiger charge is 2.21. The zero-order chi connectivity index (χ0) is 13.4. The van der Waals surface area contributed by atoms with Gasteiger partial charge in [-0.3, -0.25) is 0 Å². The van der Waals surface area contributed by atoms with Crippen LogP contribution in [0.2, 0.25) is 0 Å². The van der Waals surface area contributed by atoms with E-state index in [4.69, 9.17) is 4.74 Å². The number of halogens is 1. The summed E-state index contributed by atoms with van der Waals surface area (Å²) in [6.45, 7) is 6.40. The third kappa shape index (κ3) is 1.96. The average Bonchev–Trinajstić information content (AvgIpc) is 2.85. The predicted octanol–water partition coefficient (Wildman–Crippen LogP) is 3.83. The average molecular weight is 260 g/mol. The number of benzene rings is 1. The normalized spacial score (nSPS) is 19.8. The van der Waals surface area contributed by atoms with Crippen LogP contribution in [-0.4, -0.2) is 16.4 Å². The van der Waals surface area contributed by atoms with E-state index in [1.54, 1.807) is 23.0 Å². The van der Waals surface area contributed by atoms with Crippen molar-refractivity contribution >= 4 is 17.0 Å². The third-order valence-electron chi connectivity index (χ3n) is 3.71. The van der Waals surface area contributed by atoms with Crippen LogP contribution in [0.25, 0.3) is 17.0 Å². The van der Waals surface area contributed by atoms with Crippen molar-refractivity contribution < 1.29 is 9.13 Å². The molecule has 3 rings (SSSR count). The fourth-order valence-corrected chi connectivity index (χ4v) is 2.75. The highest BCUT2D eigenvalue weighted by molar-refractivity contribution is 5.89. The first kappa shape index (κ1) is 12.4. The van der Waals surface area contributed by atoms with Gasteiger partial charge >= 0.3 is 0 Å². The lowest BCUT2D eigenvalue weighted by molar-refractivity contribution is -0.0369. The molecular formula is C15H17FN2O. The Bertz CT molecular complexity index is 627. The van der Waals surface area contributed by atoms with Crippen LogP contribution in [0.1, 0.15) is 36.6 Å². The Balaban J connectivity index is 2.19. The quantitative estimate of drug-likeness (QED) is 0.820. The van der Waals surface area contributed by atoms with E-state index in [1.165, 1.54) is 0 Å². The minimum Gasteiger partial charge on any atom is -0.356 e. The molecule has 1 aliphatic rings. The van der Waals surface area contributed by atoms with Crippen molar-refractivity contribution in [3.8, 4) is 0 Å². The number of hydrogen-bond acceptors (Lipinski definition) is 2. The molecule has 1 atom stereocenters. The zero-order valence-electron chi connectivity index (χ0n) is 11.0. The van der Waals surface area contributed by atoms with Gasteiger partial charge in [-0.1, -0.05) is 12.7 Å². The molecule has 1 aromatic carbocycles. The number of aryl methyl sites for hydroxylation is 1. The van der Waals surface area contributed by atoms with Gasteiger partial charge < -0.3 is 4.74 Å². The van der Waals surface area contributed by atoms with Crippen molar-refractivity contribution in [1.82, 2.24) is 9.78 Å². The van der Waals surface area contributed by atoms with E-state index in [1.807, 2.05) is 6.92 Å². The predicted molar refractivity (Wildman–Crippen MR) is 73.4 cm³/mol. The summed E-state index contributed by atoms with van der Waals surface area (Å²) in [6, 6.07) is 1.54. The summed E-state index contributed by atoms with van der Waals surface area (Å²) in [6.07, 6.45) is 6.35. The van der Waals surface area contributed by atoms with Gasteiger partial charge in [0.15, 0.2) is 6.23 Å². The molecule has 0 spiro atoms. The molecule has 0 radical (unpaired) electrons. The molecule has 3 nitrogen and oxygen atoms in total. The van der Waals surface area contributed by atoms with Crippen LogP contribution in [-0.2, 0) is 4.74 Å². The highest BCUT2D eigenvalue weighted by atomic mass is 19.1. The number of hydrogen-bond donors (Lipinski definition) is 0. The molecular weight excluding hydrogens is 243 g/mol. The van der Waals surface area contributed by atoms with Gasteiger partial charge in [0.1, 0.15) is 11.3 Å². The van der Waals surface area contributed by atoms with Crippen molar-refractivity contribution in [3.63, 3.8) is 0 Å². The molecule has 1 aliphatic heterocycles. The summed E-state index contributed by atoms with van der Waals surface area (Å²) in [5, 5.41) is 5.14. The van der Waals surface area contributed by atoms with Crippen LogP contribution in [0, 0.1) is 12.7 Å². The Morgan fingerprint density at radius 2 is 2.37 bits per heavy atom. The molecule has 1 unspecified atom stereocenters. The molecule has 0 saturated carbocycles. The number of nitrogens with zero attached hydrogens (tertiary/aromatic N) is 2. The lowest BCUT2D eigenvalue weighted by atomic mass is 10.0. The minimum absolute atomic E-state index is 0.152. The molecule has 100 valence electrons. The van der Waals surface area contributed by atoms with Gasteiger partial charge in [-0.05, 0) is 43.4 Å². The number of ether oxygens (including phenoxy) is 1. The Hall–Kier alpha value is -1.68. The molecule has 1 saturated heterocycles. The summed E-state index contributed by atoms with van der Waals surface area (Å²) in [4.78, 5) is 0. The Labute approximate surface area is 111 Å². The van der Waals surface area contributed by atoms with Crippen LogP contribution >= 0.6 is 0 Å². The van der Waals surface area contributed by atoms with Gasteiger partial charge in [-0.2, -0.15) is 5.10 Å². The molecule has 2 aromatic rings. The SMILES string of the molecule is C=Cc1c(C)cc(F)c2c1cnn2C1CCCCO1. The van der Waals surface area contributed by atoms with Crippen molar-refractivity contribution in [2.24, 2.45) is 0 Å². The Morgan fingerprint density at radius 3 is 3.05 bits per heavy atom. The molecule has 1 aromatic heterocycles. The van der Waals surface area contributed by atoms with Crippen molar-refractivity contribution in [1.29, 1.82) is 0 Å². The van der Waals surface area contributed by atoms with E-state index in [0.717, 1.165) is 35.8 Å². The molecule has 1 fully saturated rings. The maximum atomic E-state index is 14.3. The van der Waals surface area contributed by atoms with E-state index >= 15 is 0 Å². The second kappa shape index (κ2) is 4.78. The highest BCUT2D eigenvalue weighted by Crippen LogP contribution is 2.31. The van der Waals surface area contributed by atoms with Gasteiger partial charge in [0.25, 0.3) is 0 Å². The van der Waals surface area contributed by atoms with Crippen molar-refractivity contribution in [2.75, 3.05) is 6.61 Å². The summed E-state index contributed by atoms with van der Waals surface area (Å²) in [7, 11) is 0. The maximum absolute atomic E-state index is 14.3. The van der Waals surface area contributed by atoms with Crippen molar-refractivity contribution in [2.45, 2.75) is 32.4 Å². The van der Waals surface area contributed by atoms with Gasteiger partial charge in [0.05, 0.1) is 6.20 Å². The Kier molecular flexibility index (Phi) is 3.11. The van der Waals surface area contributed by atoms with E-state index in [2.05, 4.69) is 11.7 Å². The maximum Gasteiger partial charge on any atom is 0.150 e. The lowest BCUT2D eigenvalue weighted by Crippen LogP contribution is -2.19. The van der Waals surface area contributed by atoms with Gasteiger partial charge in [0.2, 0.25) is 0 Å². The number of fused-ring (bicyclic) bond motifs is 1. The van der Waals surface area contributed by atoms with E-state index in [0.29, 0.717) is 12.1 Å². The third-order valence-corrected chi connectivity index (χ3v) is 3.71. The monoisotopic (exact) mass is 260 g/mol. The van der Waals surface area contributed by atoms with Crippen molar-refractivity contribution in [3.05, 3.63) is 35.8 Å². The number of rotatable bonds is 2. The molecule has 19 heavy (non-hydrogen) atoms. The fourth-order valence-electron chi connectivity index (χ4n) is 2.75. The second-order valence-electron chi connectivity index (χ2n) is 4.97. The summed E-state index contributed by atoms with van der Waals surface area (Å²) in [5.41, 5.74) is 2.34. The molecule has 0 amide bonds. The summed E-state index contributed by atoms with van der Waals surface area (Å²) >= 11 is 0. The van der Waals surface area contributed by atoms with Gasteiger partial charge in [-0.15, -0.1) is 0 Å². The van der Waals surface area contributed by atoms with E-state index in [9.17, 15) is 4.39 Å². The topological polar surface area (TPSA) is 27.1 Å². The van der Waals surface area contributed by atoms with Gasteiger partial charge in [0, 0.05) is 12.0 Å². The summed E-state index contributed by atoms with van der Waals surface area (Å²) in [5.74, 6) is -0.246. The minimum atomic E-state index is -0.246. The summed E-state index contributed by atoms with van der Waals surface area (Å²) < 4.78 is 21.6. The van der Waals surface area contributed by atoms with E-state index in [-0.39, 0.29) is 12.0 Å². The first-order valence-corrected chi connectivity index (χ1v) is 6.62. The fraction of sp³-hybridized carbons (Fsp3) is 0.400. The van der Waals surface area contributed by atoms with Crippen LogP contribution in [0.15, 0.2) is 18.8 Å². The first-order chi connectivity index (χ1) is 9.22. The van der Waals surface area contributed by atoms with Crippen LogP contribution in [0.5, 0.6) is 0 Å². The zero-order valence-corrected chi connectivity index (χ0v) is 11.0. The smallest absolute Gasteiger partial charge is 0.150 e. The molecule has 0 bridgehead atoms. The van der Waals surface area contributed by atoms with Crippen LogP contribution < -0.4 is 0 Å². The number of aromatic nitrogens is 2. The second-order valence-corrected chi connectivity index (χ2v) is 4.97. The lowest BCUT2D eigenvalue weighted by Gasteiger charge is -2.23. The molecule has 0 N–H and O–H groups in total. The van der Waals surface area contributed by atoms with Crippen LogP contribution in [0.3, 0.4) is 0 Å². The molecule has 0 aliphatic carbocycles. The standard InChI is InChI=1S/C15H17FN2O/c1-3-11-10(2)8-13(16)15-12(11)9-17-18(15)14-6-4-5-7-19-14/h3,8-9,14H,1,4-7H2,2H3. The van der Waals surface area contributed by atoms with Gasteiger partial charge in [-0.25, -0.2) is 9.07 Å². The first-order valence-electron chi connectivity index (χ1n) is 6.62. The molecule has 4 heteroatoms. The largest absolute Gasteiger partial charge is 0.356 e.